The van der Waals surface area contributed by atoms with Crippen LogP contribution in [-0.4, -0.2) is 41.6 Å². The Kier molecular flexibility index (Phi) is 7.94. The lowest BCUT2D eigenvalue weighted by molar-refractivity contribution is -0.135. The van der Waals surface area contributed by atoms with Crippen molar-refractivity contribution >= 4 is 29.1 Å². The zero-order valence-corrected chi connectivity index (χ0v) is 19.8. The SMILES string of the molecule is C=CC[C@H](C(N)=O)[C@@H](CC(C)C)C(=O)NC1N=C(c2ccccn2)c2ccccc2N(C)C1=O. The van der Waals surface area contributed by atoms with Crippen molar-refractivity contribution in [1.82, 2.24) is 10.3 Å². The number of nitrogens with one attached hydrogen (secondary N) is 1. The Morgan fingerprint density at radius 1 is 1.18 bits per heavy atom. The molecule has 0 aliphatic carbocycles. The summed E-state index contributed by atoms with van der Waals surface area (Å²) in [5, 5.41) is 2.79. The van der Waals surface area contributed by atoms with Gasteiger partial charge in [-0.2, -0.15) is 0 Å². The Bertz CT molecular complexity index is 1100. The number of likely N-dealkylation sites (N-methyl/N-ethyl adjacent to an activating group) is 1. The van der Waals surface area contributed by atoms with Crippen LogP contribution in [0.25, 0.3) is 0 Å². The van der Waals surface area contributed by atoms with Gasteiger partial charge < -0.3 is 16.0 Å². The first-order valence-corrected chi connectivity index (χ1v) is 11.3. The number of aliphatic imine (C=N–C) groups is 1. The van der Waals surface area contributed by atoms with Gasteiger partial charge in [0, 0.05) is 18.8 Å². The smallest absolute Gasteiger partial charge is 0.272 e. The number of aromatic nitrogens is 1. The molecule has 0 saturated heterocycles. The number of nitrogens with zero attached hydrogens (tertiary/aromatic N) is 3. The lowest BCUT2D eigenvalue weighted by Crippen LogP contribution is -2.50. The average Bonchev–Trinajstić information content (AvgIpc) is 2.92. The van der Waals surface area contributed by atoms with E-state index in [-0.39, 0.29) is 12.3 Å². The normalized spacial score (nSPS) is 17.3. The summed E-state index contributed by atoms with van der Waals surface area (Å²) in [7, 11) is 1.65. The Morgan fingerprint density at radius 2 is 1.88 bits per heavy atom. The van der Waals surface area contributed by atoms with Crippen LogP contribution in [-0.2, 0) is 14.4 Å². The van der Waals surface area contributed by atoms with E-state index in [1.807, 2.05) is 44.2 Å². The minimum Gasteiger partial charge on any atom is -0.369 e. The first-order valence-electron chi connectivity index (χ1n) is 11.3. The predicted molar refractivity (Wildman–Crippen MR) is 132 cm³/mol. The molecule has 8 heteroatoms. The van der Waals surface area contributed by atoms with Gasteiger partial charge in [0.15, 0.2) is 0 Å². The fourth-order valence-corrected chi connectivity index (χ4v) is 4.19. The lowest BCUT2D eigenvalue weighted by atomic mass is 9.82. The third kappa shape index (κ3) is 5.39. The van der Waals surface area contributed by atoms with E-state index < -0.39 is 35.7 Å². The Hall–Kier alpha value is -3.81. The minimum atomic E-state index is -1.19. The summed E-state index contributed by atoms with van der Waals surface area (Å²) in [5.74, 6) is -2.72. The van der Waals surface area contributed by atoms with Crippen LogP contribution in [0.3, 0.4) is 0 Å². The summed E-state index contributed by atoms with van der Waals surface area (Å²) in [5.41, 5.74) is 8.09. The van der Waals surface area contributed by atoms with Crippen LogP contribution in [0, 0.1) is 17.8 Å². The van der Waals surface area contributed by atoms with Crippen molar-refractivity contribution in [3.63, 3.8) is 0 Å². The Balaban J connectivity index is 2.03. The number of rotatable bonds is 9. The van der Waals surface area contributed by atoms with Crippen LogP contribution < -0.4 is 16.0 Å². The highest BCUT2D eigenvalue weighted by atomic mass is 16.2. The van der Waals surface area contributed by atoms with Gasteiger partial charge in [0.2, 0.25) is 18.0 Å². The highest BCUT2D eigenvalue weighted by Crippen LogP contribution is 2.28. The van der Waals surface area contributed by atoms with Crippen molar-refractivity contribution in [1.29, 1.82) is 0 Å². The number of benzene rings is 1. The maximum atomic E-state index is 13.4. The fourth-order valence-electron chi connectivity index (χ4n) is 4.19. The average molecular weight is 462 g/mol. The topological polar surface area (TPSA) is 118 Å². The molecule has 3 N–H and O–H groups in total. The number of carbonyl (C=O) groups excluding carboxylic acids is 3. The molecule has 1 aromatic heterocycles. The van der Waals surface area contributed by atoms with E-state index in [9.17, 15) is 14.4 Å². The van der Waals surface area contributed by atoms with Crippen molar-refractivity contribution in [2.75, 3.05) is 11.9 Å². The van der Waals surface area contributed by atoms with Crippen molar-refractivity contribution < 1.29 is 14.4 Å². The van der Waals surface area contributed by atoms with Gasteiger partial charge in [-0.05, 0) is 37.0 Å². The second-order valence-corrected chi connectivity index (χ2v) is 8.79. The Labute approximate surface area is 200 Å². The quantitative estimate of drug-likeness (QED) is 0.558. The zero-order chi connectivity index (χ0) is 24.8. The molecule has 0 spiro atoms. The van der Waals surface area contributed by atoms with Crippen molar-refractivity contribution in [2.24, 2.45) is 28.5 Å². The van der Waals surface area contributed by atoms with Gasteiger partial charge in [0.25, 0.3) is 5.91 Å². The van der Waals surface area contributed by atoms with E-state index in [1.54, 1.807) is 31.5 Å². The number of carbonyl (C=O) groups is 3. The van der Waals surface area contributed by atoms with Crippen LogP contribution in [0.2, 0.25) is 0 Å². The second-order valence-electron chi connectivity index (χ2n) is 8.79. The van der Waals surface area contributed by atoms with E-state index >= 15 is 0 Å². The van der Waals surface area contributed by atoms with Crippen LogP contribution in [0.15, 0.2) is 66.3 Å². The van der Waals surface area contributed by atoms with Crippen LogP contribution in [0.4, 0.5) is 5.69 Å². The molecule has 3 atom stereocenters. The van der Waals surface area contributed by atoms with Gasteiger partial charge in [0.05, 0.1) is 28.9 Å². The molecule has 2 heterocycles. The molecule has 3 rings (SSSR count). The van der Waals surface area contributed by atoms with E-state index in [1.165, 1.54) is 4.90 Å². The first-order chi connectivity index (χ1) is 16.2. The number of anilines is 1. The molecule has 1 aromatic carbocycles. The van der Waals surface area contributed by atoms with Crippen molar-refractivity contribution in [3.8, 4) is 0 Å². The standard InChI is InChI=1S/C26H31N5O3/c1-5-10-17(23(27)32)19(15-16(2)3)25(33)30-24-26(34)31(4)21-13-7-6-11-18(21)22(29-24)20-12-8-9-14-28-20/h5-9,11-14,16-17,19,24H,1,10,15H2,2-4H3,(H2,27,32)(H,30,33)/t17-,19+,24?/m0/s1. The number of allylic oxidation sites excluding steroid dienone is 1. The zero-order valence-electron chi connectivity index (χ0n) is 19.8. The van der Waals surface area contributed by atoms with E-state index in [4.69, 9.17) is 5.73 Å². The number of fused-ring (bicyclic) bond motifs is 1. The number of benzodiazepines with no additional fused rings is 1. The predicted octanol–water partition coefficient (Wildman–Crippen LogP) is 2.68. The molecular formula is C26H31N5O3. The monoisotopic (exact) mass is 461 g/mol. The Morgan fingerprint density at radius 3 is 2.50 bits per heavy atom. The summed E-state index contributed by atoms with van der Waals surface area (Å²) in [6.45, 7) is 7.62. The highest BCUT2D eigenvalue weighted by molar-refractivity contribution is 6.19. The van der Waals surface area contributed by atoms with Crippen LogP contribution >= 0.6 is 0 Å². The maximum absolute atomic E-state index is 13.4. The number of pyridine rings is 1. The molecule has 34 heavy (non-hydrogen) atoms. The number of hydrogen-bond donors (Lipinski definition) is 2. The van der Waals surface area contributed by atoms with Gasteiger partial charge in [0.1, 0.15) is 0 Å². The van der Waals surface area contributed by atoms with E-state index in [2.05, 4.69) is 21.9 Å². The molecule has 0 bridgehead atoms. The molecule has 0 radical (unpaired) electrons. The first kappa shape index (κ1) is 24.8. The third-order valence-electron chi connectivity index (χ3n) is 5.86. The molecule has 1 unspecified atom stereocenters. The number of primary amides is 1. The summed E-state index contributed by atoms with van der Waals surface area (Å²) >= 11 is 0. The molecule has 1 aliphatic heterocycles. The molecule has 1 aliphatic rings. The summed E-state index contributed by atoms with van der Waals surface area (Å²) in [6.07, 6.45) is 2.74. The van der Waals surface area contributed by atoms with Crippen LogP contribution in [0.1, 0.15) is 37.9 Å². The molecule has 0 fully saturated rings. The second kappa shape index (κ2) is 10.9. The molecule has 178 valence electrons. The molecule has 3 amide bonds. The number of amides is 3. The van der Waals surface area contributed by atoms with Gasteiger partial charge in [-0.15, -0.1) is 6.58 Å². The van der Waals surface area contributed by atoms with Gasteiger partial charge in [-0.3, -0.25) is 19.4 Å². The van der Waals surface area contributed by atoms with Gasteiger partial charge >= 0.3 is 0 Å². The summed E-state index contributed by atoms with van der Waals surface area (Å²) in [4.78, 5) is 49.5. The molecular weight excluding hydrogens is 430 g/mol. The van der Waals surface area contributed by atoms with Crippen molar-refractivity contribution in [3.05, 3.63) is 72.6 Å². The largest absolute Gasteiger partial charge is 0.369 e. The third-order valence-corrected chi connectivity index (χ3v) is 5.86. The molecule has 8 nitrogen and oxygen atoms in total. The van der Waals surface area contributed by atoms with Gasteiger partial charge in [-0.25, -0.2) is 4.99 Å². The molecule has 2 aromatic rings. The summed E-state index contributed by atoms with van der Waals surface area (Å²) in [6, 6.07) is 12.8. The maximum Gasteiger partial charge on any atom is 0.272 e. The fraction of sp³-hybridized carbons (Fsp3) is 0.346. The highest BCUT2D eigenvalue weighted by Gasteiger charge is 2.36. The number of hydrogen-bond acceptors (Lipinski definition) is 5. The minimum absolute atomic E-state index is 0.131. The number of para-hydroxylation sites is 1. The number of nitrogens with two attached hydrogens (primary N) is 1. The van der Waals surface area contributed by atoms with Gasteiger partial charge in [-0.1, -0.05) is 44.2 Å². The summed E-state index contributed by atoms with van der Waals surface area (Å²) < 4.78 is 0. The van der Waals surface area contributed by atoms with E-state index in [0.717, 1.165) is 5.56 Å². The van der Waals surface area contributed by atoms with Crippen molar-refractivity contribution in [2.45, 2.75) is 32.9 Å². The van der Waals surface area contributed by atoms with Crippen LogP contribution in [0.5, 0.6) is 0 Å². The molecule has 0 saturated carbocycles. The lowest BCUT2D eigenvalue weighted by Gasteiger charge is -2.27. The van der Waals surface area contributed by atoms with E-state index in [0.29, 0.717) is 23.5 Å².